The zero-order chi connectivity index (χ0) is 26.2. The van der Waals surface area contributed by atoms with Crippen molar-refractivity contribution in [1.82, 2.24) is 0 Å². The summed E-state index contributed by atoms with van der Waals surface area (Å²) in [4.78, 5) is 28.8. The summed E-state index contributed by atoms with van der Waals surface area (Å²) in [5.41, 5.74) is 0. The summed E-state index contributed by atoms with van der Waals surface area (Å²) >= 11 is 1.06. The number of aliphatic hydroxyl groups is 1. The van der Waals surface area contributed by atoms with Gasteiger partial charge < -0.3 is 5.11 Å². The van der Waals surface area contributed by atoms with Crippen molar-refractivity contribution < 1.29 is 29.1 Å². The Morgan fingerprint density at radius 2 is 1.09 bits per heavy atom. The largest absolute Gasteiger partial charge is 0.179 e. The molecule has 0 aliphatic carbocycles. The van der Waals surface area contributed by atoms with E-state index < -0.39 is 73.0 Å². The van der Waals surface area contributed by atoms with E-state index in [1.54, 1.807) is 6.92 Å². The molecule has 2 saturated heterocycles. The second-order valence-electron chi connectivity index (χ2n) is 4.35. The minimum atomic E-state index is -4.64. The molecule has 0 saturated carbocycles. The van der Waals surface area contributed by atoms with Gasteiger partial charge >= 0.3 is 198 Å². The molecule has 210 valence electrons. The normalized spacial score (nSPS) is 14.7. The zero-order valence-electron chi connectivity index (χ0n) is 17.9. The number of halogens is 1. The molecular formula is C10H25Bi3IN3O10S8. The van der Waals surface area contributed by atoms with Crippen molar-refractivity contribution in [1.29, 1.82) is 0 Å². The van der Waals surface area contributed by atoms with Gasteiger partial charge in [0.05, 0.1) is 0 Å². The van der Waals surface area contributed by atoms with Crippen LogP contribution in [0.1, 0.15) is 6.92 Å². The molecule has 0 bridgehead atoms. The molecule has 0 amide bonds. The van der Waals surface area contributed by atoms with Gasteiger partial charge in [0, 0.05) is 6.61 Å². The van der Waals surface area contributed by atoms with Crippen LogP contribution >= 0.6 is 100 Å². The number of hydrogen-bond donors (Lipinski definition) is 3. The predicted molar refractivity (Wildman–Crippen MR) is 172 cm³/mol. The second kappa shape index (κ2) is 32.3. The summed E-state index contributed by atoms with van der Waals surface area (Å²) in [6, 6.07) is 0. The van der Waals surface area contributed by atoms with Gasteiger partial charge in [-0.15, -0.1) is 24.0 Å². The molecule has 13 nitrogen and oxygen atoms in total. The van der Waals surface area contributed by atoms with Gasteiger partial charge in [-0.1, -0.05) is 0 Å². The molecule has 0 aromatic carbocycles. The Bertz CT molecular complexity index is 492. The molecule has 2 aliphatic heterocycles. The minimum Gasteiger partial charge on any atom is -0.179 e. The fourth-order valence-corrected chi connectivity index (χ4v) is 72.5. The van der Waals surface area contributed by atoms with Crippen molar-refractivity contribution in [2.24, 2.45) is 0 Å². The average molecular weight is 1360 g/mol. The molecule has 2 aliphatic rings. The van der Waals surface area contributed by atoms with E-state index in [1.807, 2.05) is 0 Å². The van der Waals surface area contributed by atoms with E-state index in [1.165, 1.54) is 34.5 Å². The Kier molecular flexibility index (Phi) is 39.8. The van der Waals surface area contributed by atoms with Crippen LogP contribution in [0.15, 0.2) is 0 Å². The minimum absolute atomic E-state index is 0. The average Bonchev–Trinajstić information content (AvgIpc) is 3.45. The van der Waals surface area contributed by atoms with Crippen LogP contribution in [0.3, 0.4) is 0 Å². The summed E-state index contributed by atoms with van der Waals surface area (Å²) < 4.78 is 10.4. The molecule has 2 heterocycles. The van der Waals surface area contributed by atoms with Crippen LogP contribution < -0.4 is 0 Å². The SMILES string of the molecule is C1C[S][Bi]([S]CC[S][Bi]2[S]CC[S]2)[S]1.CCO.I.O=[N+]([O-])[O][Bi]([O][N+](=O)[O-])[O][N+](=O)[O-].SCCS. The number of aliphatic hydroxyl groups excluding tert-OH is 1. The molecule has 0 atom stereocenters. The van der Waals surface area contributed by atoms with E-state index in [9.17, 15) is 30.3 Å². The maximum atomic E-state index is 9.60. The van der Waals surface area contributed by atoms with Gasteiger partial charge in [-0.2, -0.15) is 25.3 Å². The van der Waals surface area contributed by atoms with Crippen molar-refractivity contribution in [2.75, 3.05) is 52.6 Å². The van der Waals surface area contributed by atoms with Gasteiger partial charge in [0.2, 0.25) is 0 Å². The number of thiol groups is 2. The van der Waals surface area contributed by atoms with Crippen LogP contribution in [0.5, 0.6) is 0 Å². The molecule has 2 rings (SSSR count). The Labute approximate surface area is 272 Å². The van der Waals surface area contributed by atoms with Gasteiger partial charge in [-0.3, -0.25) is 0 Å². The molecular weight excluding hydrogens is 1330 g/mol. The summed E-state index contributed by atoms with van der Waals surface area (Å²) in [7, 11) is 14.2. The van der Waals surface area contributed by atoms with E-state index in [0.717, 1.165) is 11.5 Å². The molecule has 1 N–H and O–H groups in total. The molecule has 0 unspecified atom stereocenters. The second-order valence-corrected chi connectivity index (χ2v) is 65.8. The Balaban J connectivity index is -0.000000454. The maximum absolute atomic E-state index is 9.60. The van der Waals surface area contributed by atoms with E-state index in [0.29, 0.717) is 0 Å². The Hall–Kier alpha value is 3.74. The molecule has 35 heavy (non-hydrogen) atoms. The first-order valence-electron chi connectivity index (χ1n) is 8.67. The third kappa shape index (κ3) is 33.8. The Morgan fingerprint density at radius 1 is 0.829 bits per heavy atom. The smallest absolute Gasteiger partial charge is 0.000932 e. The molecule has 0 radical (unpaired) electrons. The van der Waals surface area contributed by atoms with Gasteiger partial charge in [0.25, 0.3) is 0 Å². The quantitative estimate of drug-likeness (QED) is 0.0647. The van der Waals surface area contributed by atoms with Crippen LogP contribution in [-0.4, -0.2) is 131 Å². The van der Waals surface area contributed by atoms with Crippen LogP contribution in [0, 0.1) is 30.3 Å². The third-order valence-corrected chi connectivity index (χ3v) is 71.0. The van der Waals surface area contributed by atoms with Crippen molar-refractivity contribution in [3.8, 4) is 0 Å². The molecule has 2 fully saturated rings. The number of nitrogens with zero attached hydrogens (tertiary/aromatic N) is 3. The van der Waals surface area contributed by atoms with Crippen molar-refractivity contribution in [2.45, 2.75) is 6.92 Å². The standard InChI is InChI=1S/C2H6O.4C2H6S2.3Bi.HI.3NO3/c1-2-3;4*3-1-2-4;;;;;3*2-1(3)4/h3H,2H2,1H3;4*3-4H,1-2H2;;;;1H;;;/q;;;;;3*+3;;3*-1/p-6. The maximum Gasteiger partial charge on any atom is -0.000932 e. The van der Waals surface area contributed by atoms with Gasteiger partial charge in [-0.05, 0) is 18.4 Å². The van der Waals surface area contributed by atoms with Crippen LogP contribution in [0.4, 0.5) is 0 Å². The monoisotopic (exact) mass is 1360 g/mol. The summed E-state index contributed by atoms with van der Waals surface area (Å²) in [5.74, 6) is 10.6. The topological polar surface area (TPSA) is 177 Å². The predicted octanol–water partition coefficient (Wildman–Crippen LogP) is 3.44. The van der Waals surface area contributed by atoms with Gasteiger partial charge in [0.1, 0.15) is 0 Å². The van der Waals surface area contributed by atoms with Gasteiger partial charge in [0.15, 0.2) is 0 Å². The van der Waals surface area contributed by atoms with E-state index in [-0.39, 0.29) is 30.6 Å². The molecule has 0 aromatic heterocycles. The zero-order valence-corrected chi connectivity index (χ0v) is 37.4. The summed E-state index contributed by atoms with van der Waals surface area (Å²) in [6.45, 7) is 1.93. The number of hydrogen-bond acceptors (Lipinski definition) is 18. The Morgan fingerprint density at radius 3 is 1.29 bits per heavy atom. The molecule has 25 heteroatoms. The van der Waals surface area contributed by atoms with Crippen molar-refractivity contribution >= 4 is 158 Å². The van der Waals surface area contributed by atoms with E-state index in [4.69, 9.17) is 5.11 Å². The van der Waals surface area contributed by atoms with Crippen LogP contribution in [0.2, 0.25) is 0 Å². The first kappa shape index (κ1) is 43.2. The van der Waals surface area contributed by atoms with Crippen molar-refractivity contribution in [3.63, 3.8) is 0 Å². The molecule has 0 spiro atoms. The number of rotatable bonds is 12. The third-order valence-electron chi connectivity index (χ3n) is 1.93. The molecule has 0 aromatic rings. The fraction of sp³-hybridized carbons (Fsp3) is 1.00. The van der Waals surface area contributed by atoms with Crippen LogP contribution in [0.25, 0.3) is 0 Å². The summed E-state index contributed by atoms with van der Waals surface area (Å²) in [5, 5.41) is 32.0. The van der Waals surface area contributed by atoms with E-state index in [2.05, 4.69) is 85.1 Å². The fourth-order valence-electron chi connectivity index (χ4n) is 1.10. The van der Waals surface area contributed by atoms with Crippen LogP contribution in [-0.2, 0) is 8.74 Å². The summed E-state index contributed by atoms with van der Waals surface area (Å²) in [6.07, 6.45) is 0. The van der Waals surface area contributed by atoms with E-state index >= 15 is 0 Å². The first-order chi connectivity index (χ1) is 16.2. The van der Waals surface area contributed by atoms with Crippen molar-refractivity contribution in [3.05, 3.63) is 30.3 Å². The van der Waals surface area contributed by atoms with Gasteiger partial charge in [-0.25, -0.2) is 0 Å². The first-order valence-corrected chi connectivity index (χ1v) is 45.4.